The molecule has 3 atom stereocenters. The Morgan fingerprint density at radius 1 is 1.10 bits per heavy atom. The van der Waals surface area contributed by atoms with Gasteiger partial charge in [-0.2, -0.15) is 0 Å². The van der Waals surface area contributed by atoms with Crippen molar-refractivity contribution in [3.8, 4) is 5.75 Å². The SMILES string of the molecule is CC(=O)CC1(O)C(=O)C2=c3c(c(O)cc(C)c3=C3OC(C)C(C)(C)C3(O)C2=O)C1=O. The molecule has 1 saturated heterocycles. The summed E-state index contributed by atoms with van der Waals surface area (Å²) in [4.78, 5) is 51.7. The van der Waals surface area contributed by atoms with Crippen molar-refractivity contribution in [3.63, 3.8) is 0 Å². The van der Waals surface area contributed by atoms with E-state index in [2.05, 4.69) is 0 Å². The lowest BCUT2D eigenvalue weighted by molar-refractivity contribution is -0.139. The molecular formula is C22H22O8. The van der Waals surface area contributed by atoms with Gasteiger partial charge in [0, 0.05) is 22.3 Å². The zero-order valence-electron chi connectivity index (χ0n) is 17.2. The van der Waals surface area contributed by atoms with Gasteiger partial charge in [-0.15, -0.1) is 0 Å². The lowest BCUT2D eigenvalue weighted by Gasteiger charge is -2.39. The highest BCUT2D eigenvalue weighted by Crippen LogP contribution is 2.52. The lowest BCUT2D eigenvalue weighted by atomic mass is 9.63. The van der Waals surface area contributed by atoms with Crippen LogP contribution in [0.15, 0.2) is 6.07 Å². The Balaban J connectivity index is 2.26. The Kier molecular flexibility index (Phi) is 3.85. The molecule has 0 aromatic heterocycles. The molecule has 0 amide bonds. The maximum atomic E-state index is 13.6. The number of Topliss-reactive ketones (excluding diaryl/α,β-unsaturated/α-hetero) is 4. The number of ketones is 4. The summed E-state index contributed by atoms with van der Waals surface area (Å²) in [6, 6.07) is 1.25. The number of aliphatic hydroxyl groups is 2. The zero-order chi connectivity index (χ0) is 22.5. The van der Waals surface area contributed by atoms with Gasteiger partial charge >= 0.3 is 0 Å². The smallest absolute Gasteiger partial charge is 0.207 e. The van der Waals surface area contributed by atoms with Gasteiger partial charge in [-0.3, -0.25) is 19.2 Å². The molecule has 3 N–H and O–H groups in total. The highest BCUT2D eigenvalue weighted by atomic mass is 16.5. The predicted octanol–water partition coefficient (Wildman–Crippen LogP) is -0.806. The van der Waals surface area contributed by atoms with E-state index in [-0.39, 0.29) is 16.2 Å². The van der Waals surface area contributed by atoms with E-state index in [0.717, 1.165) is 6.92 Å². The second-order valence-electron chi connectivity index (χ2n) is 8.96. The van der Waals surface area contributed by atoms with Crippen LogP contribution in [0.1, 0.15) is 50.0 Å². The normalized spacial score (nSPS) is 31.4. The van der Waals surface area contributed by atoms with E-state index in [1.54, 1.807) is 27.7 Å². The predicted molar refractivity (Wildman–Crippen MR) is 103 cm³/mol. The third-order valence-electron chi connectivity index (χ3n) is 6.82. The molecule has 3 aliphatic rings. The molecule has 0 saturated carbocycles. The fourth-order valence-corrected chi connectivity index (χ4v) is 4.75. The molecular weight excluding hydrogens is 392 g/mol. The first kappa shape index (κ1) is 20.4. The number of hydrogen-bond donors (Lipinski definition) is 3. The highest BCUT2D eigenvalue weighted by molar-refractivity contribution is 6.52. The number of rotatable bonds is 2. The molecule has 4 rings (SSSR count). The number of carbonyl (C=O) groups is 4. The van der Waals surface area contributed by atoms with Crippen molar-refractivity contribution < 1.29 is 39.2 Å². The van der Waals surface area contributed by atoms with Crippen molar-refractivity contribution in [1.82, 2.24) is 0 Å². The number of ether oxygens (including phenoxy) is 1. The average molecular weight is 414 g/mol. The van der Waals surface area contributed by atoms with Crippen LogP contribution in [0.3, 0.4) is 0 Å². The second kappa shape index (κ2) is 5.65. The summed E-state index contributed by atoms with van der Waals surface area (Å²) >= 11 is 0. The van der Waals surface area contributed by atoms with Crippen molar-refractivity contribution in [3.05, 3.63) is 27.6 Å². The molecule has 1 heterocycles. The van der Waals surface area contributed by atoms with Crippen molar-refractivity contribution in [2.24, 2.45) is 5.41 Å². The number of aryl methyl sites for hydroxylation is 1. The quantitative estimate of drug-likeness (QED) is 0.535. The van der Waals surface area contributed by atoms with Crippen LogP contribution in [-0.4, -0.2) is 55.8 Å². The minimum Gasteiger partial charge on any atom is -0.507 e. The minimum atomic E-state index is -2.84. The lowest BCUT2D eigenvalue weighted by Crippen LogP contribution is -2.65. The molecule has 30 heavy (non-hydrogen) atoms. The first-order chi connectivity index (χ1) is 13.7. The van der Waals surface area contributed by atoms with Crippen LogP contribution in [0, 0.1) is 12.3 Å². The average Bonchev–Trinajstić information content (AvgIpc) is 2.80. The summed E-state index contributed by atoms with van der Waals surface area (Å²) in [7, 11) is 0. The van der Waals surface area contributed by atoms with Crippen LogP contribution in [0.25, 0.3) is 11.3 Å². The molecule has 0 radical (unpaired) electrons. The molecule has 8 nitrogen and oxygen atoms in total. The zero-order valence-corrected chi connectivity index (χ0v) is 17.2. The molecule has 0 bridgehead atoms. The number of carbonyl (C=O) groups excluding carboxylic acids is 4. The van der Waals surface area contributed by atoms with Gasteiger partial charge in [-0.1, -0.05) is 13.8 Å². The molecule has 1 aliphatic heterocycles. The number of aromatic hydroxyl groups is 1. The van der Waals surface area contributed by atoms with E-state index in [1.807, 2.05) is 0 Å². The first-order valence-corrected chi connectivity index (χ1v) is 9.58. The van der Waals surface area contributed by atoms with E-state index >= 15 is 0 Å². The van der Waals surface area contributed by atoms with E-state index in [9.17, 15) is 34.5 Å². The molecule has 158 valence electrons. The van der Waals surface area contributed by atoms with Crippen molar-refractivity contribution >= 4 is 34.5 Å². The molecule has 1 aromatic carbocycles. The summed E-state index contributed by atoms with van der Waals surface area (Å²) in [5.74, 6) is -4.71. The van der Waals surface area contributed by atoms with E-state index in [4.69, 9.17) is 4.74 Å². The number of fused-ring (bicyclic) bond motifs is 1. The summed E-state index contributed by atoms with van der Waals surface area (Å²) in [5, 5.41) is 33.0. The number of benzene rings is 1. The minimum absolute atomic E-state index is 0.0832. The highest BCUT2D eigenvalue weighted by Gasteiger charge is 2.67. The van der Waals surface area contributed by atoms with Gasteiger partial charge in [0.2, 0.25) is 17.3 Å². The van der Waals surface area contributed by atoms with Crippen molar-refractivity contribution in [2.75, 3.05) is 0 Å². The Hall–Kier alpha value is -2.84. The monoisotopic (exact) mass is 414 g/mol. The molecule has 2 aliphatic carbocycles. The maximum absolute atomic E-state index is 13.6. The van der Waals surface area contributed by atoms with Gasteiger partial charge in [0.25, 0.3) is 0 Å². The molecule has 1 aromatic rings. The Morgan fingerprint density at radius 3 is 2.27 bits per heavy atom. The fraction of sp³-hybridized carbons (Fsp3) is 0.455. The van der Waals surface area contributed by atoms with E-state index in [0.29, 0.717) is 5.56 Å². The third-order valence-corrected chi connectivity index (χ3v) is 6.82. The van der Waals surface area contributed by atoms with Gasteiger partial charge in [0.1, 0.15) is 23.4 Å². The van der Waals surface area contributed by atoms with Crippen LogP contribution in [0.5, 0.6) is 5.75 Å². The van der Waals surface area contributed by atoms with Crippen molar-refractivity contribution in [1.29, 1.82) is 0 Å². The van der Waals surface area contributed by atoms with Crippen LogP contribution in [0.2, 0.25) is 0 Å². The largest absolute Gasteiger partial charge is 0.507 e. The van der Waals surface area contributed by atoms with Gasteiger partial charge in [-0.25, -0.2) is 0 Å². The number of phenols is 1. The van der Waals surface area contributed by atoms with Crippen LogP contribution in [-0.2, 0) is 19.1 Å². The van der Waals surface area contributed by atoms with Gasteiger partial charge in [0.05, 0.1) is 11.1 Å². The Bertz CT molecular complexity index is 1220. The standard InChI is InChI=1S/C22H22O8/c1-8-6-11(24)13-14-12(8)19-22(29,20(4,5)10(3)30-19)18(27)15(14)17(26)21(28,16(13)25)7-9(2)23/h6,10,24,28-29H,7H2,1-5H3. The maximum Gasteiger partial charge on any atom is 0.207 e. The van der Waals surface area contributed by atoms with Crippen LogP contribution in [0.4, 0.5) is 0 Å². The van der Waals surface area contributed by atoms with Gasteiger partial charge in [-0.05, 0) is 32.4 Å². The van der Waals surface area contributed by atoms with E-state index in [1.165, 1.54) is 6.07 Å². The first-order valence-electron chi connectivity index (χ1n) is 9.58. The Labute approximate surface area is 171 Å². The van der Waals surface area contributed by atoms with Gasteiger partial charge in [0.15, 0.2) is 11.2 Å². The number of hydrogen-bond acceptors (Lipinski definition) is 8. The topological polar surface area (TPSA) is 138 Å². The molecule has 8 heteroatoms. The summed E-state index contributed by atoms with van der Waals surface area (Å²) < 4.78 is 5.87. The van der Waals surface area contributed by atoms with E-state index < -0.39 is 69.2 Å². The van der Waals surface area contributed by atoms with Crippen molar-refractivity contribution in [2.45, 2.75) is 58.3 Å². The van der Waals surface area contributed by atoms with Gasteiger partial charge < -0.3 is 20.1 Å². The summed E-state index contributed by atoms with van der Waals surface area (Å²) in [6.07, 6.45) is -1.47. The van der Waals surface area contributed by atoms with Crippen LogP contribution >= 0.6 is 0 Å². The third kappa shape index (κ3) is 2.03. The summed E-state index contributed by atoms with van der Waals surface area (Å²) in [6.45, 7) is 7.58. The Morgan fingerprint density at radius 2 is 1.70 bits per heavy atom. The fourth-order valence-electron chi connectivity index (χ4n) is 4.75. The second-order valence-corrected chi connectivity index (χ2v) is 8.96. The summed E-state index contributed by atoms with van der Waals surface area (Å²) in [5.41, 5.74) is -6.85. The molecule has 0 spiro atoms. The number of phenolic OH excluding ortho intramolecular Hbond substituents is 1. The van der Waals surface area contributed by atoms with Crippen LogP contribution < -0.4 is 10.4 Å². The molecule has 1 fully saturated rings. The molecule has 3 unspecified atom stereocenters.